The van der Waals surface area contributed by atoms with E-state index in [9.17, 15) is 18.0 Å². The quantitative estimate of drug-likeness (QED) is 0.848. The van der Waals surface area contributed by atoms with E-state index in [1.54, 1.807) is 6.92 Å². The summed E-state index contributed by atoms with van der Waals surface area (Å²) in [5.74, 6) is -0.294. The summed E-state index contributed by atoms with van der Waals surface area (Å²) in [7, 11) is 0. The standard InChI is InChI=1S/C15H18F3NO3/c1-2-21-13(20)14(6-7-19-9-14)10-22-12-5-3-4-11(8-12)15(16,17)18/h3-5,8,19H,2,6-7,9-10H2,1H3. The normalized spacial score (nSPS) is 21.6. The van der Waals surface area contributed by atoms with Crippen LogP contribution in [0.3, 0.4) is 0 Å². The van der Waals surface area contributed by atoms with Gasteiger partial charge in [0.25, 0.3) is 0 Å². The summed E-state index contributed by atoms with van der Waals surface area (Å²) in [6, 6.07) is 4.63. The minimum absolute atomic E-state index is 0.0137. The smallest absolute Gasteiger partial charge is 0.416 e. The Morgan fingerprint density at radius 2 is 2.18 bits per heavy atom. The van der Waals surface area contributed by atoms with Crippen molar-refractivity contribution in [3.05, 3.63) is 29.8 Å². The van der Waals surface area contributed by atoms with Crippen LogP contribution in [0.4, 0.5) is 13.2 Å². The van der Waals surface area contributed by atoms with Crippen molar-refractivity contribution in [2.24, 2.45) is 5.41 Å². The number of carbonyl (C=O) groups excluding carboxylic acids is 1. The van der Waals surface area contributed by atoms with Crippen molar-refractivity contribution < 1.29 is 27.4 Å². The molecule has 122 valence electrons. The first kappa shape index (κ1) is 16.6. The van der Waals surface area contributed by atoms with Crippen LogP contribution in [0.25, 0.3) is 0 Å². The molecule has 2 rings (SSSR count). The zero-order valence-corrected chi connectivity index (χ0v) is 12.2. The van der Waals surface area contributed by atoms with Gasteiger partial charge < -0.3 is 14.8 Å². The Balaban J connectivity index is 2.09. The van der Waals surface area contributed by atoms with Crippen molar-refractivity contribution in [2.45, 2.75) is 19.5 Å². The van der Waals surface area contributed by atoms with E-state index in [1.165, 1.54) is 12.1 Å². The van der Waals surface area contributed by atoms with Gasteiger partial charge in [-0.1, -0.05) is 6.07 Å². The highest BCUT2D eigenvalue weighted by Crippen LogP contribution is 2.33. The van der Waals surface area contributed by atoms with Crippen LogP contribution in [0.15, 0.2) is 24.3 Å². The topological polar surface area (TPSA) is 47.6 Å². The number of nitrogens with one attached hydrogen (secondary N) is 1. The van der Waals surface area contributed by atoms with Crippen molar-refractivity contribution in [1.82, 2.24) is 5.32 Å². The molecule has 1 aliphatic rings. The van der Waals surface area contributed by atoms with Gasteiger partial charge in [-0.15, -0.1) is 0 Å². The fourth-order valence-corrected chi connectivity index (χ4v) is 2.37. The summed E-state index contributed by atoms with van der Waals surface area (Å²) >= 11 is 0. The van der Waals surface area contributed by atoms with Crippen LogP contribution in [-0.4, -0.2) is 32.3 Å². The average molecular weight is 317 g/mol. The summed E-state index contributed by atoms with van der Waals surface area (Å²) in [4.78, 5) is 12.1. The highest BCUT2D eigenvalue weighted by molar-refractivity contribution is 5.78. The maximum Gasteiger partial charge on any atom is 0.416 e. The molecule has 1 aromatic rings. The largest absolute Gasteiger partial charge is 0.492 e. The van der Waals surface area contributed by atoms with Crippen LogP contribution < -0.4 is 10.1 Å². The third-order valence-corrected chi connectivity index (χ3v) is 3.63. The fourth-order valence-electron chi connectivity index (χ4n) is 2.37. The molecule has 7 heteroatoms. The highest BCUT2D eigenvalue weighted by atomic mass is 19.4. The van der Waals surface area contributed by atoms with Crippen molar-refractivity contribution >= 4 is 5.97 Å². The molecule has 0 spiro atoms. The molecule has 1 aromatic carbocycles. The van der Waals surface area contributed by atoms with Gasteiger partial charge in [-0.25, -0.2) is 0 Å². The van der Waals surface area contributed by atoms with E-state index in [-0.39, 0.29) is 24.9 Å². The third kappa shape index (κ3) is 3.71. The molecule has 1 aliphatic heterocycles. The van der Waals surface area contributed by atoms with Gasteiger partial charge in [0.2, 0.25) is 0 Å². The number of ether oxygens (including phenoxy) is 2. The van der Waals surface area contributed by atoms with Crippen molar-refractivity contribution in [1.29, 1.82) is 0 Å². The Kier molecular flexibility index (Phi) is 4.95. The van der Waals surface area contributed by atoms with Crippen molar-refractivity contribution in [3.63, 3.8) is 0 Å². The van der Waals surface area contributed by atoms with E-state index in [2.05, 4.69) is 5.32 Å². The maximum absolute atomic E-state index is 12.7. The molecule has 0 aliphatic carbocycles. The van der Waals surface area contributed by atoms with Gasteiger partial charge in [-0.2, -0.15) is 13.2 Å². The van der Waals surface area contributed by atoms with E-state index < -0.39 is 17.2 Å². The van der Waals surface area contributed by atoms with E-state index in [0.717, 1.165) is 12.1 Å². The SMILES string of the molecule is CCOC(=O)C1(COc2cccc(C(F)(F)F)c2)CCNC1. The fraction of sp³-hybridized carbons (Fsp3) is 0.533. The first-order valence-corrected chi connectivity index (χ1v) is 7.05. The number of carbonyl (C=O) groups is 1. The first-order chi connectivity index (χ1) is 10.4. The molecular formula is C15H18F3NO3. The van der Waals surface area contributed by atoms with Gasteiger partial charge in [0.1, 0.15) is 17.8 Å². The second-order valence-electron chi connectivity index (χ2n) is 5.24. The third-order valence-electron chi connectivity index (χ3n) is 3.63. The lowest BCUT2D eigenvalue weighted by Gasteiger charge is -2.25. The monoisotopic (exact) mass is 317 g/mol. The van der Waals surface area contributed by atoms with E-state index >= 15 is 0 Å². The minimum atomic E-state index is -4.42. The van der Waals surface area contributed by atoms with E-state index in [1.807, 2.05) is 0 Å². The van der Waals surface area contributed by atoms with Crippen LogP contribution in [0.1, 0.15) is 18.9 Å². The molecule has 4 nitrogen and oxygen atoms in total. The molecular weight excluding hydrogens is 299 g/mol. The summed E-state index contributed by atoms with van der Waals surface area (Å²) in [5.41, 5.74) is -1.62. The van der Waals surface area contributed by atoms with E-state index in [4.69, 9.17) is 9.47 Å². The van der Waals surface area contributed by atoms with Gasteiger partial charge in [-0.05, 0) is 38.1 Å². The second-order valence-corrected chi connectivity index (χ2v) is 5.24. The maximum atomic E-state index is 12.7. The van der Waals surface area contributed by atoms with Gasteiger partial charge in [0, 0.05) is 6.54 Å². The Bertz CT molecular complexity index is 525. The number of alkyl halides is 3. The van der Waals surface area contributed by atoms with E-state index in [0.29, 0.717) is 19.5 Å². The second kappa shape index (κ2) is 6.56. The Labute approximate surface area is 126 Å². The molecule has 0 saturated carbocycles. The molecule has 0 radical (unpaired) electrons. The van der Waals surface area contributed by atoms with Crippen LogP contribution in [-0.2, 0) is 15.7 Å². The molecule has 1 atom stereocenters. The number of esters is 1. The zero-order chi connectivity index (χ0) is 16.2. The highest BCUT2D eigenvalue weighted by Gasteiger charge is 2.43. The lowest BCUT2D eigenvalue weighted by Crippen LogP contribution is -2.40. The van der Waals surface area contributed by atoms with Crippen LogP contribution in [0, 0.1) is 5.41 Å². The van der Waals surface area contributed by atoms with Gasteiger partial charge in [0.15, 0.2) is 0 Å². The summed E-state index contributed by atoms with van der Waals surface area (Å²) in [6.07, 6.45) is -3.89. The number of rotatable bonds is 5. The number of halogens is 3. The molecule has 1 saturated heterocycles. The number of benzene rings is 1. The molecule has 0 bridgehead atoms. The summed E-state index contributed by atoms with van der Waals surface area (Å²) in [5, 5.41) is 3.06. The lowest BCUT2D eigenvalue weighted by atomic mass is 9.88. The Hall–Kier alpha value is -1.76. The van der Waals surface area contributed by atoms with Crippen LogP contribution in [0.2, 0.25) is 0 Å². The Morgan fingerprint density at radius 3 is 2.77 bits per heavy atom. The average Bonchev–Trinajstić information content (AvgIpc) is 2.95. The van der Waals surface area contributed by atoms with Gasteiger partial charge >= 0.3 is 12.1 Å². The predicted octanol–water partition coefficient (Wildman–Crippen LogP) is 2.63. The van der Waals surface area contributed by atoms with Crippen LogP contribution >= 0.6 is 0 Å². The molecule has 1 unspecified atom stereocenters. The predicted molar refractivity (Wildman–Crippen MR) is 73.5 cm³/mol. The number of hydrogen-bond acceptors (Lipinski definition) is 4. The minimum Gasteiger partial charge on any atom is -0.492 e. The molecule has 0 amide bonds. The lowest BCUT2D eigenvalue weighted by molar-refractivity contribution is -0.156. The van der Waals surface area contributed by atoms with Crippen molar-refractivity contribution in [3.8, 4) is 5.75 Å². The molecule has 22 heavy (non-hydrogen) atoms. The molecule has 1 N–H and O–H groups in total. The first-order valence-electron chi connectivity index (χ1n) is 7.05. The molecule has 1 fully saturated rings. The summed E-state index contributed by atoms with van der Waals surface area (Å²) < 4.78 is 48.5. The Morgan fingerprint density at radius 1 is 1.41 bits per heavy atom. The molecule has 1 heterocycles. The summed E-state index contributed by atoms with van der Waals surface area (Å²) in [6.45, 7) is 2.99. The zero-order valence-electron chi connectivity index (χ0n) is 12.2. The van der Waals surface area contributed by atoms with Gasteiger partial charge in [-0.3, -0.25) is 4.79 Å². The van der Waals surface area contributed by atoms with Crippen molar-refractivity contribution in [2.75, 3.05) is 26.3 Å². The van der Waals surface area contributed by atoms with Crippen LogP contribution in [0.5, 0.6) is 5.75 Å². The van der Waals surface area contributed by atoms with Gasteiger partial charge in [0.05, 0.1) is 12.2 Å². The molecule has 0 aromatic heterocycles. The number of hydrogen-bond donors (Lipinski definition) is 1.